The Labute approximate surface area is 107 Å². The Hall–Kier alpha value is -1.13. The maximum atomic E-state index is 4.03. The van der Waals surface area contributed by atoms with Gasteiger partial charge in [0, 0.05) is 34.7 Å². The van der Waals surface area contributed by atoms with Gasteiger partial charge in [-0.05, 0) is 38.9 Å². The minimum atomic E-state index is 0.455. The van der Waals surface area contributed by atoms with Gasteiger partial charge in [-0.3, -0.25) is 0 Å². The fraction of sp³-hybridized carbons (Fsp3) is 0.462. The number of hydrogen-bond donors (Lipinski definition) is 1. The fourth-order valence-corrected chi connectivity index (χ4v) is 2.69. The van der Waals surface area contributed by atoms with Gasteiger partial charge in [-0.25, -0.2) is 4.98 Å². The van der Waals surface area contributed by atoms with Gasteiger partial charge in [-0.2, -0.15) is 0 Å². The highest BCUT2D eigenvalue weighted by Crippen LogP contribution is 2.21. The summed E-state index contributed by atoms with van der Waals surface area (Å²) in [6.07, 6.45) is 6.83. The first-order valence-corrected chi connectivity index (χ1v) is 6.83. The standard InChI is InChI=1S/C13H19N3S/c1-11-4-5-13(17-11)12(2)15-6-3-8-16-9-7-14-10-16/h4-5,7,9-10,12,15H,3,6,8H2,1-2H3. The van der Waals surface area contributed by atoms with Crippen LogP contribution in [0.3, 0.4) is 0 Å². The molecule has 0 saturated carbocycles. The maximum absolute atomic E-state index is 4.03. The van der Waals surface area contributed by atoms with Gasteiger partial charge < -0.3 is 9.88 Å². The van der Waals surface area contributed by atoms with Crippen molar-refractivity contribution in [1.29, 1.82) is 0 Å². The molecule has 92 valence electrons. The number of imidazole rings is 1. The van der Waals surface area contributed by atoms with E-state index < -0.39 is 0 Å². The zero-order chi connectivity index (χ0) is 12.1. The molecule has 4 heteroatoms. The number of rotatable bonds is 6. The van der Waals surface area contributed by atoms with E-state index in [1.165, 1.54) is 9.75 Å². The molecule has 2 aromatic heterocycles. The molecule has 0 aliphatic rings. The van der Waals surface area contributed by atoms with Gasteiger partial charge in [0.2, 0.25) is 0 Å². The van der Waals surface area contributed by atoms with Crippen molar-refractivity contribution < 1.29 is 0 Å². The van der Waals surface area contributed by atoms with Crippen molar-refractivity contribution in [2.24, 2.45) is 0 Å². The van der Waals surface area contributed by atoms with Gasteiger partial charge in [-0.1, -0.05) is 0 Å². The molecule has 3 nitrogen and oxygen atoms in total. The van der Waals surface area contributed by atoms with Crippen molar-refractivity contribution in [2.75, 3.05) is 6.54 Å². The van der Waals surface area contributed by atoms with Crippen LogP contribution in [-0.2, 0) is 6.54 Å². The van der Waals surface area contributed by atoms with Crippen LogP contribution in [0.5, 0.6) is 0 Å². The lowest BCUT2D eigenvalue weighted by atomic mass is 10.2. The van der Waals surface area contributed by atoms with Crippen molar-refractivity contribution in [2.45, 2.75) is 32.9 Å². The van der Waals surface area contributed by atoms with Crippen LogP contribution in [0.2, 0.25) is 0 Å². The first kappa shape index (κ1) is 12.3. The minimum Gasteiger partial charge on any atom is -0.337 e. The van der Waals surface area contributed by atoms with Gasteiger partial charge in [0.1, 0.15) is 0 Å². The van der Waals surface area contributed by atoms with Crippen molar-refractivity contribution in [1.82, 2.24) is 14.9 Å². The van der Waals surface area contributed by atoms with E-state index in [4.69, 9.17) is 0 Å². The molecule has 0 aliphatic carbocycles. The average Bonchev–Trinajstić information content (AvgIpc) is 2.95. The normalized spacial score (nSPS) is 12.8. The number of hydrogen-bond acceptors (Lipinski definition) is 3. The SMILES string of the molecule is Cc1ccc(C(C)NCCCn2ccnc2)s1. The van der Waals surface area contributed by atoms with Crippen LogP contribution in [0.25, 0.3) is 0 Å². The third-order valence-electron chi connectivity index (χ3n) is 2.79. The summed E-state index contributed by atoms with van der Waals surface area (Å²) in [6.45, 7) is 6.45. The lowest BCUT2D eigenvalue weighted by Crippen LogP contribution is -2.20. The fourth-order valence-electron chi connectivity index (χ4n) is 1.79. The number of thiophene rings is 1. The van der Waals surface area contributed by atoms with Crippen LogP contribution >= 0.6 is 11.3 Å². The van der Waals surface area contributed by atoms with Crippen molar-refractivity contribution in [3.63, 3.8) is 0 Å². The first-order valence-electron chi connectivity index (χ1n) is 6.01. The van der Waals surface area contributed by atoms with E-state index in [1.807, 2.05) is 30.1 Å². The van der Waals surface area contributed by atoms with Gasteiger partial charge in [0.15, 0.2) is 0 Å². The second kappa shape index (κ2) is 5.98. The molecule has 0 saturated heterocycles. The van der Waals surface area contributed by atoms with E-state index in [1.54, 1.807) is 0 Å². The van der Waals surface area contributed by atoms with E-state index in [0.29, 0.717) is 6.04 Å². The maximum Gasteiger partial charge on any atom is 0.0945 e. The first-order chi connectivity index (χ1) is 8.25. The summed E-state index contributed by atoms with van der Waals surface area (Å²) >= 11 is 1.87. The molecular weight excluding hydrogens is 230 g/mol. The molecule has 2 rings (SSSR count). The Bertz CT molecular complexity index is 433. The van der Waals surface area contributed by atoms with Gasteiger partial charge in [0.25, 0.3) is 0 Å². The summed E-state index contributed by atoms with van der Waals surface area (Å²) in [6, 6.07) is 4.86. The summed E-state index contributed by atoms with van der Waals surface area (Å²) in [4.78, 5) is 6.83. The molecule has 0 aromatic carbocycles. The van der Waals surface area contributed by atoms with E-state index >= 15 is 0 Å². The second-order valence-electron chi connectivity index (χ2n) is 4.28. The Kier molecular flexibility index (Phi) is 4.34. The van der Waals surface area contributed by atoms with E-state index in [9.17, 15) is 0 Å². The zero-order valence-electron chi connectivity index (χ0n) is 10.4. The lowest BCUT2D eigenvalue weighted by Gasteiger charge is -2.12. The van der Waals surface area contributed by atoms with Crippen LogP contribution in [0.1, 0.15) is 29.1 Å². The summed E-state index contributed by atoms with van der Waals surface area (Å²) < 4.78 is 2.11. The Morgan fingerprint density at radius 3 is 3.00 bits per heavy atom. The molecule has 0 aliphatic heterocycles. The summed E-state index contributed by atoms with van der Waals surface area (Å²) in [7, 11) is 0. The Balaban J connectivity index is 1.68. The molecule has 0 bridgehead atoms. The average molecular weight is 249 g/mol. The van der Waals surface area contributed by atoms with E-state index in [-0.39, 0.29) is 0 Å². The van der Waals surface area contributed by atoms with Crippen molar-refractivity contribution in [3.05, 3.63) is 40.6 Å². The van der Waals surface area contributed by atoms with E-state index in [0.717, 1.165) is 19.5 Å². The predicted octanol–water partition coefficient (Wildman–Crippen LogP) is 2.99. The number of aromatic nitrogens is 2. The zero-order valence-corrected chi connectivity index (χ0v) is 11.2. The monoisotopic (exact) mass is 249 g/mol. The molecule has 2 aromatic rings. The molecule has 17 heavy (non-hydrogen) atoms. The molecule has 0 amide bonds. The molecule has 1 N–H and O–H groups in total. The second-order valence-corrected chi connectivity index (χ2v) is 5.60. The molecular formula is C13H19N3S. The molecule has 1 unspecified atom stereocenters. The minimum absolute atomic E-state index is 0.455. The highest BCUT2D eigenvalue weighted by Gasteiger charge is 2.05. The largest absolute Gasteiger partial charge is 0.337 e. The highest BCUT2D eigenvalue weighted by molar-refractivity contribution is 7.12. The van der Waals surface area contributed by atoms with Gasteiger partial charge in [0.05, 0.1) is 6.33 Å². The van der Waals surface area contributed by atoms with Crippen molar-refractivity contribution in [3.8, 4) is 0 Å². The van der Waals surface area contributed by atoms with Crippen molar-refractivity contribution >= 4 is 11.3 Å². The third-order valence-corrected chi connectivity index (χ3v) is 3.97. The number of nitrogens with zero attached hydrogens (tertiary/aromatic N) is 2. The predicted molar refractivity (Wildman–Crippen MR) is 72.3 cm³/mol. The molecule has 0 radical (unpaired) electrons. The lowest BCUT2D eigenvalue weighted by molar-refractivity contribution is 0.531. The van der Waals surface area contributed by atoms with Gasteiger partial charge >= 0.3 is 0 Å². The molecule has 0 spiro atoms. The smallest absolute Gasteiger partial charge is 0.0945 e. The Morgan fingerprint density at radius 1 is 1.47 bits per heavy atom. The summed E-state index contributed by atoms with van der Waals surface area (Å²) in [5, 5.41) is 3.55. The Morgan fingerprint density at radius 2 is 2.35 bits per heavy atom. The number of aryl methyl sites for hydroxylation is 2. The molecule has 1 atom stereocenters. The third kappa shape index (κ3) is 3.68. The number of nitrogens with one attached hydrogen (secondary N) is 1. The quantitative estimate of drug-likeness (QED) is 0.798. The van der Waals surface area contributed by atoms with Crippen LogP contribution in [0.15, 0.2) is 30.9 Å². The van der Waals surface area contributed by atoms with E-state index in [2.05, 4.69) is 40.8 Å². The van der Waals surface area contributed by atoms with Crippen LogP contribution in [-0.4, -0.2) is 16.1 Å². The topological polar surface area (TPSA) is 29.9 Å². The van der Waals surface area contributed by atoms with Crippen LogP contribution in [0.4, 0.5) is 0 Å². The van der Waals surface area contributed by atoms with Crippen LogP contribution < -0.4 is 5.32 Å². The summed E-state index contributed by atoms with van der Waals surface area (Å²) in [5.41, 5.74) is 0. The summed E-state index contributed by atoms with van der Waals surface area (Å²) in [5.74, 6) is 0. The van der Waals surface area contributed by atoms with Gasteiger partial charge in [-0.15, -0.1) is 11.3 Å². The molecule has 2 heterocycles. The highest BCUT2D eigenvalue weighted by atomic mass is 32.1. The van der Waals surface area contributed by atoms with Crippen LogP contribution in [0, 0.1) is 6.92 Å². The molecule has 0 fully saturated rings.